The number of hydrogen-bond acceptors (Lipinski definition) is 11. The Bertz CT molecular complexity index is 2450. The number of halogens is 4. The van der Waals surface area contributed by atoms with Crippen molar-refractivity contribution in [3.05, 3.63) is 119 Å². The molecule has 4 N–H and O–H groups in total. The number of morpholine rings is 1. The quantitative estimate of drug-likeness (QED) is 0.0497. The molecule has 0 unspecified atom stereocenters. The molecule has 64 heavy (non-hydrogen) atoms. The van der Waals surface area contributed by atoms with Gasteiger partial charge in [0.25, 0.3) is 25.8 Å². The summed E-state index contributed by atoms with van der Waals surface area (Å²) in [6, 6.07) is 25.3. The van der Waals surface area contributed by atoms with Gasteiger partial charge in [0.05, 0.1) is 23.8 Å². The lowest BCUT2D eigenvalue weighted by Crippen LogP contribution is -2.37. The van der Waals surface area contributed by atoms with Gasteiger partial charge in [0.2, 0.25) is 0 Å². The second kappa shape index (κ2) is 21.9. The number of amides is 1. The molecule has 18 heteroatoms. The Morgan fingerprint density at radius 3 is 2.31 bits per heavy atom. The second-order valence-electron chi connectivity index (χ2n) is 16.7. The molecule has 0 radical (unpaired) electrons. The zero-order valence-electron chi connectivity index (χ0n) is 35.8. The number of alkyl halides is 3. The van der Waals surface area contributed by atoms with Crippen LogP contribution in [0.2, 0.25) is 5.02 Å². The number of ether oxygens (including phenoxy) is 1. The first-order valence-corrected chi connectivity index (χ1v) is 25.5. The summed E-state index contributed by atoms with van der Waals surface area (Å²) in [6.45, 7) is 9.91. The average Bonchev–Trinajstić information content (AvgIpc) is 3.26. The standard InChI is InChI=1S/C46H55ClF3N5O6S3/c1-45(2)21-20-41(33-10-14-36(47)15-11-33)35(30-45)31-51-22-23-52-37-16-12-34(13-17-37)44(56)54-64(59,60)40-18-19-42(43(29-40)63(57,58)46(48,49)50)53-38(32-62-39-8-4-3-5-9-39)7-6-24-55-25-27-61-28-26-55/h3-5,8-19,29,38,51-53H,6-7,20-28,30-32H2,1-2H3,(H,54,56)/t38-/m1/s1. The fourth-order valence-corrected chi connectivity index (χ4v) is 10.9. The number of thioether (sulfide) groups is 1. The summed E-state index contributed by atoms with van der Waals surface area (Å²) >= 11 is 7.59. The molecule has 6 rings (SSSR count). The van der Waals surface area contributed by atoms with Crippen molar-refractivity contribution in [3.8, 4) is 0 Å². The van der Waals surface area contributed by atoms with Crippen molar-refractivity contribution in [1.82, 2.24) is 14.9 Å². The monoisotopic (exact) mass is 961 g/mol. The molecular formula is C46H55ClF3N5O6S3. The van der Waals surface area contributed by atoms with Crippen molar-refractivity contribution in [2.75, 3.05) is 68.9 Å². The number of nitrogens with zero attached hydrogens (tertiary/aromatic N) is 1. The molecule has 4 aromatic carbocycles. The van der Waals surface area contributed by atoms with Crippen molar-refractivity contribution in [2.45, 2.75) is 72.2 Å². The van der Waals surface area contributed by atoms with E-state index in [2.05, 4.69) is 46.8 Å². The van der Waals surface area contributed by atoms with Crippen LogP contribution in [0.3, 0.4) is 0 Å². The first-order chi connectivity index (χ1) is 30.4. The van der Waals surface area contributed by atoms with E-state index in [9.17, 15) is 34.8 Å². The predicted octanol–water partition coefficient (Wildman–Crippen LogP) is 9.10. The van der Waals surface area contributed by atoms with E-state index in [0.29, 0.717) is 68.2 Å². The third kappa shape index (κ3) is 13.7. The topological polar surface area (TPSA) is 146 Å². The second-order valence-corrected chi connectivity index (χ2v) is 21.8. The molecule has 0 spiro atoms. The van der Waals surface area contributed by atoms with Gasteiger partial charge in [-0.1, -0.05) is 61.4 Å². The highest BCUT2D eigenvalue weighted by Gasteiger charge is 2.48. The smallest absolute Gasteiger partial charge is 0.384 e. The van der Waals surface area contributed by atoms with Gasteiger partial charge >= 0.3 is 5.51 Å². The summed E-state index contributed by atoms with van der Waals surface area (Å²) < 4.78 is 103. The van der Waals surface area contributed by atoms with Gasteiger partial charge in [0.15, 0.2) is 0 Å². The molecule has 1 heterocycles. The largest absolute Gasteiger partial charge is 0.501 e. The molecule has 11 nitrogen and oxygen atoms in total. The number of hydrogen-bond donors (Lipinski definition) is 4. The van der Waals surface area contributed by atoms with Crippen molar-refractivity contribution in [3.63, 3.8) is 0 Å². The minimum atomic E-state index is -6.05. The van der Waals surface area contributed by atoms with E-state index >= 15 is 0 Å². The molecule has 1 atom stereocenters. The van der Waals surface area contributed by atoms with E-state index in [4.69, 9.17) is 16.3 Å². The number of allylic oxidation sites excluding steroid dienone is 1. The summed E-state index contributed by atoms with van der Waals surface area (Å²) in [5.41, 5.74) is -1.41. The predicted molar refractivity (Wildman–Crippen MR) is 249 cm³/mol. The lowest BCUT2D eigenvalue weighted by Gasteiger charge is -2.34. The molecule has 1 aliphatic carbocycles. The first kappa shape index (κ1) is 49.3. The maximum Gasteiger partial charge on any atom is 0.501 e. The van der Waals surface area contributed by atoms with E-state index in [0.717, 1.165) is 55.9 Å². The number of rotatable bonds is 20. The van der Waals surface area contributed by atoms with Crippen LogP contribution in [0, 0.1) is 5.41 Å². The fourth-order valence-electron chi connectivity index (χ4n) is 7.75. The molecule has 2 aliphatic rings. The van der Waals surface area contributed by atoms with E-state index in [-0.39, 0.29) is 11.0 Å². The number of sulfonamides is 1. The molecule has 1 amide bonds. The van der Waals surface area contributed by atoms with Crippen LogP contribution in [-0.2, 0) is 24.6 Å². The third-order valence-electron chi connectivity index (χ3n) is 11.2. The molecule has 1 aliphatic heterocycles. The Hall–Kier alpha value is -4.10. The maximum atomic E-state index is 14.1. The van der Waals surface area contributed by atoms with Gasteiger partial charge in [0.1, 0.15) is 4.90 Å². The Morgan fingerprint density at radius 2 is 1.62 bits per heavy atom. The van der Waals surface area contributed by atoms with Crippen LogP contribution in [0.15, 0.2) is 117 Å². The van der Waals surface area contributed by atoms with E-state index in [1.54, 1.807) is 12.1 Å². The van der Waals surface area contributed by atoms with Gasteiger partial charge in [0, 0.05) is 65.7 Å². The Balaban J connectivity index is 1.09. The van der Waals surface area contributed by atoms with Gasteiger partial charge in [-0.3, -0.25) is 9.69 Å². The molecule has 0 saturated carbocycles. The molecular weight excluding hydrogens is 907 g/mol. The van der Waals surface area contributed by atoms with Crippen LogP contribution < -0.4 is 20.7 Å². The van der Waals surface area contributed by atoms with Gasteiger partial charge in [-0.05, 0) is 122 Å². The first-order valence-electron chi connectivity index (χ1n) is 21.2. The minimum Gasteiger partial charge on any atom is -0.384 e. The number of benzene rings is 4. The molecule has 1 fully saturated rings. The van der Waals surface area contributed by atoms with Gasteiger partial charge in [-0.2, -0.15) is 13.2 Å². The SMILES string of the molecule is CC1(C)CCC(c2ccc(Cl)cc2)=C(CNCCNc2ccc(C(=O)NS(=O)(=O)c3ccc(N[C@H](CCCN4CCOCC4)CSc4ccccc4)c(S(=O)(=O)C(F)(F)F)c3)cc2)C1. The highest BCUT2D eigenvalue weighted by molar-refractivity contribution is 7.99. The highest BCUT2D eigenvalue weighted by atomic mass is 35.5. The van der Waals surface area contributed by atoms with E-state index in [1.807, 2.05) is 47.2 Å². The summed E-state index contributed by atoms with van der Waals surface area (Å²) in [6.07, 6.45) is 4.20. The zero-order chi connectivity index (χ0) is 46.0. The summed E-state index contributed by atoms with van der Waals surface area (Å²) in [5, 5.41) is 10.5. The fraction of sp³-hybridized carbons (Fsp3) is 0.413. The lowest BCUT2D eigenvalue weighted by molar-refractivity contribution is -0.0435. The number of anilines is 2. The molecule has 0 aromatic heterocycles. The lowest BCUT2D eigenvalue weighted by atomic mass is 9.73. The van der Waals surface area contributed by atoms with Gasteiger partial charge < -0.3 is 20.7 Å². The van der Waals surface area contributed by atoms with Crippen LogP contribution in [0.25, 0.3) is 5.57 Å². The summed E-state index contributed by atoms with van der Waals surface area (Å²) in [4.78, 5) is 14.2. The van der Waals surface area contributed by atoms with Crippen LogP contribution >= 0.6 is 23.4 Å². The Morgan fingerprint density at radius 1 is 0.922 bits per heavy atom. The van der Waals surface area contributed by atoms with Crippen molar-refractivity contribution in [2.24, 2.45) is 5.41 Å². The molecule has 4 aromatic rings. The highest BCUT2D eigenvalue weighted by Crippen LogP contribution is 2.42. The van der Waals surface area contributed by atoms with Crippen molar-refractivity contribution in [1.29, 1.82) is 0 Å². The summed E-state index contributed by atoms with van der Waals surface area (Å²) in [5.74, 6) is -0.669. The van der Waals surface area contributed by atoms with Crippen LogP contribution in [0.1, 0.15) is 61.9 Å². The van der Waals surface area contributed by atoms with Crippen LogP contribution in [0.4, 0.5) is 24.5 Å². The average molecular weight is 963 g/mol. The Labute approximate surface area is 383 Å². The minimum absolute atomic E-state index is 0.0360. The molecule has 1 saturated heterocycles. The normalized spacial score (nSPS) is 16.6. The van der Waals surface area contributed by atoms with Crippen molar-refractivity contribution >= 4 is 66.1 Å². The van der Waals surface area contributed by atoms with E-state index in [1.165, 1.54) is 40.6 Å². The number of sulfone groups is 1. The van der Waals surface area contributed by atoms with Crippen LogP contribution in [0.5, 0.6) is 0 Å². The Kier molecular flexibility index (Phi) is 16.9. The number of carbonyl (C=O) groups is 1. The van der Waals surface area contributed by atoms with Crippen LogP contribution in [-0.4, -0.2) is 97.4 Å². The molecule has 0 bridgehead atoms. The summed E-state index contributed by atoms with van der Waals surface area (Å²) in [7, 11) is -10.9. The third-order valence-corrected chi connectivity index (χ3v) is 15.5. The van der Waals surface area contributed by atoms with E-state index < -0.39 is 52.8 Å². The number of carbonyl (C=O) groups excluding carboxylic acids is 1. The molecule has 346 valence electrons. The maximum absolute atomic E-state index is 14.1. The van der Waals surface area contributed by atoms with Gasteiger partial charge in [-0.25, -0.2) is 21.6 Å². The zero-order valence-corrected chi connectivity index (χ0v) is 39.1. The van der Waals surface area contributed by atoms with Crippen molar-refractivity contribution < 1.29 is 39.5 Å². The number of nitrogens with one attached hydrogen (secondary N) is 4. The van der Waals surface area contributed by atoms with Gasteiger partial charge in [-0.15, -0.1) is 11.8 Å².